The molecular weight excluding hydrogens is 284 g/mol. The fraction of sp³-hybridized carbons (Fsp3) is 0.625. The van der Waals surface area contributed by atoms with E-state index in [1.807, 2.05) is 6.92 Å². The summed E-state index contributed by atoms with van der Waals surface area (Å²) in [5.74, 6) is -0.529. The monoisotopic (exact) mass is 308 g/mol. The lowest BCUT2D eigenvalue weighted by atomic mass is 9.56. The number of carbonyl (C=O) groups is 2. The molecule has 2 rings (SSSR count). The number of rotatable bonds is 5. The van der Waals surface area contributed by atoms with Gasteiger partial charge in [0.25, 0.3) is 5.91 Å². The maximum atomic E-state index is 12.2. The third kappa shape index (κ3) is 2.75. The van der Waals surface area contributed by atoms with E-state index in [-0.39, 0.29) is 28.9 Å². The lowest BCUT2D eigenvalue weighted by molar-refractivity contribution is -0.182. The molecule has 122 valence electrons. The molecule has 3 atom stereocenters. The van der Waals surface area contributed by atoms with Gasteiger partial charge in [0.15, 0.2) is 0 Å². The van der Waals surface area contributed by atoms with Crippen LogP contribution in [-0.2, 0) is 9.53 Å². The van der Waals surface area contributed by atoms with Crippen molar-refractivity contribution in [3.8, 4) is 0 Å². The van der Waals surface area contributed by atoms with Crippen LogP contribution in [0, 0.1) is 5.41 Å². The number of amides is 2. The van der Waals surface area contributed by atoms with Gasteiger partial charge in [-0.05, 0) is 26.3 Å². The third-order valence-corrected chi connectivity index (χ3v) is 5.12. The number of carbonyl (C=O) groups excluding carboxylic acids is 2. The van der Waals surface area contributed by atoms with Gasteiger partial charge in [-0.15, -0.1) is 0 Å². The van der Waals surface area contributed by atoms with E-state index in [1.54, 1.807) is 20.1 Å². The largest absolute Gasteiger partial charge is 0.472 e. The Morgan fingerprint density at radius 1 is 1.41 bits per heavy atom. The first-order valence-corrected chi connectivity index (χ1v) is 7.40. The maximum absolute atomic E-state index is 12.2. The Morgan fingerprint density at radius 2 is 2.09 bits per heavy atom. The van der Waals surface area contributed by atoms with Crippen LogP contribution in [0.1, 0.15) is 44.5 Å². The van der Waals surface area contributed by atoms with Crippen LogP contribution in [0.5, 0.6) is 0 Å². The van der Waals surface area contributed by atoms with Gasteiger partial charge in [-0.3, -0.25) is 9.59 Å². The molecule has 1 heterocycles. The van der Waals surface area contributed by atoms with E-state index in [4.69, 9.17) is 9.15 Å². The van der Waals surface area contributed by atoms with E-state index < -0.39 is 6.04 Å². The van der Waals surface area contributed by atoms with Gasteiger partial charge in [0.1, 0.15) is 12.3 Å². The van der Waals surface area contributed by atoms with Crippen LogP contribution in [-0.4, -0.2) is 36.6 Å². The Balaban J connectivity index is 1.89. The van der Waals surface area contributed by atoms with Crippen LogP contribution in [0.4, 0.5) is 0 Å². The zero-order valence-corrected chi connectivity index (χ0v) is 13.7. The van der Waals surface area contributed by atoms with Crippen molar-refractivity contribution in [2.75, 3.05) is 7.11 Å². The van der Waals surface area contributed by atoms with Crippen LogP contribution >= 0.6 is 0 Å². The molecule has 0 unspecified atom stereocenters. The SMILES string of the molecule is CO[C@]1(C)C[C@H](NC(=O)[C@@H](C)NC(=O)c2ccoc2)C1(C)C. The Kier molecular flexibility index (Phi) is 4.33. The second-order valence-electron chi connectivity index (χ2n) is 6.63. The van der Waals surface area contributed by atoms with Gasteiger partial charge in [-0.2, -0.15) is 0 Å². The van der Waals surface area contributed by atoms with Crippen molar-refractivity contribution in [1.82, 2.24) is 10.6 Å². The summed E-state index contributed by atoms with van der Waals surface area (Å²) < 4.78 is 10.4. The number of hydrogen-bond donors (Lipinski definition) is 2. The molecule has 0 bridgehead atoms. The van der Waals surface area contributed by atoms with Crippen molar-refractivity contribution in [3.05, 3.63) is 24.2 Å². The van der Waals surface area contributed by atoms with Gasteiger partial charge < -0.3 is 19.8 Å². The molecule has 1 saturated carbocycles. The zero-order chi connectivity index (χ0) is 16.5. The summed E-state index contributed by atoms with van der Waals surface area (Å²) in [5, 5.41) is 5.64. The minimum Gasteiger partial charge on any atom is -0.472 e. The quantitative estimate of drug-likeness (QED) is 0.868. The van der Waals surface area contributed by atoms with Crippen LogP contribution in [0.25, 0.3) is 0 Å². The Bertz CT molecular complexity index is 553. The van der Waals surface area contributed by atoms with Crippen molar-refractivity contribution >= 4 is 11.8 Å². The van der Waals surface area contributed by atoms with Crippen LogP contribution in [0.15, 0.2) is 23.0 Å². The second-order valence-corrected chi connectivity index (χ2v) is 6.63. The van der Waals surface area contributed by atoms with Crippen LogP contribution < -0.4 is 10.6 Å². The lowest BCUT2D eigenvalue weighted by Gasteiger charge is -2.59. The van der Waals surface area contributed by atoms with Gasteiger partial charge in [-0.1, -0.05) is 13.8 Å². The molecular formula is C16H24N2O4. The van der Waals surface area contributed by atoms with Crippen molar-refractivity contribution < 1.29 is 18.7 Å². The van der Waals surface area contributed by atoms with Crippen molar-refractivity contribution in [2.24, 2.45) is 5.41 Å². The highest BCUT2D eigenvalue weighted by atomic mass is 16.5. The highest BCUT2D eigenvalue weighted by Crippen LogP contribution is 2.51. The van der Waals surface area contributed by atoms with Gasteiger partial charge in [-0.25, -0.2) is 0 Å². The summed E-state index contributed by atoms with van der Waals surface area (Å²) in [5.41, 5.74) is -0.00417. The molecule has 0 saturated heterocycles. The molecule has 6 nitrogen and oxygen atoms in total. The molecule has 0 radical (unpaired) electrons. The second kappa shape index (κ2) is 5.76. The predicted octanol–water partition coefficient (Wildman–Crippen LogP) is 1.72. The summed E-state index contributed by atoms with van der Waals surface area (Å²) in [6, 6.07) is 0.963. The molecule has 0 spiro atoms. The Hall–Kier alpha value is -1.82. The highest BCUT2D eigenvalue weighted by Gasteiger charge is 2.58. The molecule has 1 fully saturated rings. The molecule has 2 amide bonds. The first-order valence-electron chi connectivity index (χ1n) is 7.40. The summed E-state index contributed by atoms with van der Waals surface area (Å²) in [7, 11) is 1.69. The minimum atomic E-state index is -0.618. The molecule has 22 heavy (non-hydrogen) atoms. The van der Waals surface area contributed by atoms with Crippen molar-refractivity contribution in [2.45, 2.75) is 51.8 Å². The minimum absolute atomic E-state index is 0.0261. The molecule has 1 aromatic rings. The molecule has 0 aromatic carbocycles. The van der Waals surface area contributed by atoms with Gasteiger partial charge >= 0.3 is 0 Å². The van der Waals surface area contributed by atoms with Crippen molar-refractivity contribution in [1.29, 1.82) is 0 Å². The fourth-order valence-electron chi connectivity index (χ4n) is 2.76. The molecule has 1 aliphatic rings. The fourth-order valence-corrected chi connectivity index (χ4v) is 2.76. The Morgan fingerprint density at radius 3 is 2.59 bits per heavy atom. The normalized spacial score (nSPS) is 27.6. The number of nitrogens with one attached hydrogen (secondary N) is 2. The summed E-state index contributed by atoms with van der Waals surface area (Å²) in [6.07, 6.45) is 3.52. The molecule has 1 aliphatic carbocycles. The molecule has 1 aromatic heterocycles. The third-order valence-electron chi connectivity index (χ3n) is 5.12. The Labute approximate surface area is 130 Å². The van der Waals surface area contributed by atoms with Crippen molar-refractivity contribution in [3.63, 3.8) is 0 Å². The maximum Gasteiger partial charge on any atom is 0.255 e. The number of ether oxygens (including phenoxy) is 1. The summed E-state index contributed by atoms with van der Waals surface area (Å²) in [4.78, 5) is 24.1. The predicted molar refractivity (Wildman–Crippen MR) is 81.4 cm³/mol. The van der Waals surface area contributed by atoms with E-state index in [1.165, 1.54) is 12.5 Å². The lowest BCUT2D eigenvalue weighted by Crippen LogP contribution is -2.69. The van der Waals surface area contributed by atoms with Crippen LogP contribution in [0.3, 0.4) is 0 Å². The number of hydrogen-bond acceptors (Lipinski definition) is 4. The highest BCUT2D eigenvalue weighted by molar-refractivity contribution is 5.97. The number of furan rings is 1. The van der Waals surface area contributed by atoms with E-state index in [0.717, 1.165) is 6.42 Å². The average Bonchev–Trinajstić information content (AvgIpc) is 3.00. The molecule has 2 N–H and O–H groups in total. The molecule has 6 heteroatoms. The summed E-state index contributed by atoms with van der Waals surface area (Å²) >= 11 is 0. The smallest absolute Gasteiger partial charge is 0.255 e. The average molecular weight is 308 g/mol. The van der Waals surface area contributed by atoms with E-state index in [0.29, 0.717) is 5.56 Å². The van der Waals surface area contributed by atoms with E-state index in [2.05, 4.69) is 24.5 Å². The number of methoxy groups -OCH3 is 1. The molecule has 0 aliphatic heterocycles. The zero-order valence-electron chi connectivity index (χ0n) is 13.7. The van der Waals surface area contributed by atoms with Gasteiger partial charge in [0.2, 0.25) is 5.91 Å². The van der Waals surface area contributed by atoms with E-state index >= 15 is 0 Å². The first-order chi connectivity index (χ1) is 10.2. The van der Waals surface area contributed by atoms with Crippen LogP contribution in [0.2, 0.25) is 0 Å². The topological polar surface area (TPSA) is 80.6 Å². The first kappa shape index (κ1) is 16.5. The van der Waals surface area contributed by atoms with Gasteiger partial charge in [0, 0.05) is 18.6 Å². The summed E-state index contributed by atoms with van der Waals surface area (Å²) in [6.45, 7) is 7.84. The standard InChI is InChI=1S/C16H24N2O4/c1-10(17-14(20)11-6-7-22-9-11)13(19)18-12-8-16(4,21-5)15(12,2)3/h6-7,9-10,12H,8H2,1-5H3,(H,17,20)(H,18,19)/t10-,12+,16-/m1/s1. The van der Waals surface area contributed by atoms with E-state index in [9.17, 15) is 9.59 Å². The van der Waals surface area contributed by atoms with Gasteiger partial charge in [0.05, 0.1) is 17.4 Å².